The van der Waals surface area contributed by atoms with Crippen molar-refractivity contribution in [2.45, 2.75) is 37.8 Å². The van der Waals surface area contributed by atoms with Crippen molar-refractivity contribution in [3.05, 3.63) is 120 Å². The lowest BCUT2D eigenvalue weighted by atomic mass is 10.0. The molecule has 1 atom stereocenters. The Hall–Kier alpha value is -4.83. The molecule has 4 aromatic carbocycles. The second-order valence-corrected chi connectivity index (χ2v) is 13.1. The fourth-order valence-corrected chi connectivity index (χ4v) is 6.39. The van der Waals surface area contributed by atoms with Crippen LogP contribution < -0.4 is 19.1 Å². The molecular weight excluding hydrogens is 602 g/mol. The molecule has 4 rings (SSSR count). The van der Waals surface area contributed by atoms with Crippen LogP contribution in [0, 0.1) is 5.92 Å². The summed E-state index contributed by atoms with van der Waals surface area (Å²) in [6, 6.07) is 30.2. The summed E-state index contributed by atoms with van der Waals surface area (Å²) >= 11 is 0. The van der Waals surface area contributed by atoms with Crippen LogP contribution in [0.1, 0.15) is 25.0 Å². The van der Waals surface area contributed by atoms with Crippen LogP contribution in [0.5, 0.6) is 11.5 Å². The van der Waals surface area contributed by atoms with Gasteiger partial charge in [-0.15, -0.1) is 0 Å². The van der Waals surface area contributed by atoms with Crippen molar-refractivity contribution in [2.75, 3.05) is 31.6 Å². The summed E-state index contributed by atoms with van der Waals surface area (Å²) in [5, 5.41) is 3.00. The minimum Gasteiger partial charge on any atom is -0.497 e. The molecule has 4 aromatic rings. The maximum atomic E-state index is 14.6. The normalized spacial score (nSPS) is 11.8. The average molecular weight is 644 g/mol. The molecule has 0 spiro atoms. The van der Waals surface area contributed by atoms with Crippen LogP contribution in [0.4, 0.5) is 5.69 Å². The molecule has 9 nitrogen and oxygen atoms in total. The fraction of sp³-hybridized carbons (Fsp3) is 0.278. The van der Waals surface area contributed by atoms with Crippen LogP contribution in [0.2, 0.25) is 0 Å². The third-order valence-corrected chi connectivity index (χ3v) is 9.18. The molecular formula is C36H41N3O6S. The lowest BCUT2D eigenvalue weighted by Gasteiger charge is -2.34. The fourth-order valence-electron chi connectivity index (χ4n) is 4.96. The number of nitrogens with zero attached hydrogens (tertiary/aromatic N) is 2. The van der Waals surface area contributed by atoms with Gasteiger partial charge in [0.2, 0.25) is 11.8 Å². The number of carbonyl (C=O) groups excluding carboxylic acids is 2. The van der Waals surface area contributed by atoms with E-state index in [0.29, 0.717) is 18.0 Å². The Balaban J connectivity index is 1.81. The zero-order valence-corrected chi connectivity index (χ0v) is 27.4. The molecule has 0 saturated heterocycles. The predicted octanol–water partition coefficient (Wildman–Crippen LogP) is 5.31. The SMILES string of the molecule is COc1cccc(CN(C(=O)CN(c2cccc(OC)c2)S(=O)(=O)c2ccccc2)[C@@H](Cc2ccccc2)C(=O)NCC(C)C)c1. The van der Waals surface area contributed by atoms with Gasteiger partial charge >= 0.3 is 0 Å². The summed E-state index contributed by atoms with van der Waals surface area (Å²) in [4.78, 5) is 30.0. The molecule has 10 heteroatoms. The Morgan fingerprint density at radius 2 is 1.35 bits per heavy atom. The van der Waals surface area contributed by atoms with E-state index in [1.165, 1.54) is 24.1 Å². The van der Waals surface area contributed by atoms with E-state index in [1.807, 2.05) is 56.3 Å². The lowest BCUT2D eigenvalue weighted by Crippen LogP contribution is -2.53. The van der Waals surface area contributed by atoms with Gasteiger partial charge in [-0.3, -0.25) is 13.9 Å². The zero-order valence-electron chi connectivity index (χ0n) is 26.6. The van der Waals surface area contributed by atoms with Crippen LogP contribution in [-0.4, -0.2) is 58.5 Å². The molecule has 0 aliphatic heterocycles. The number of nitrogens with one attached hydrogen (secondary N) is 1. The molecule has 0 unspecified atom stereocenters. The van der Waals surface area contributed by atoms with E-state index < -0.39 is 28.5 Å². The highest BCUT2D eigenvalue weighted by Crippen LogP contribution is 2.28. The number of ether oxygens (including phenoxy) is 2. The third kappa shape index (κ3) is 8.88. The van der Waals surface area contributed by atoms with Crippen molar-refractivity contribution in [3.63, 3.8) is 0 Å². The van der Waals surface area contributed by atoms with E-state index in [9.17, 15) is 18.0 Å². The topological polar surface area (TPSA) is 105 Å². The van der Waals surface area contributed by atoms with Crippen molar-refractivity contribution in [3.8, 4) is 11.5 Å². The van der Waals surface area contributed by atoms with Gasteiger partial charge in [-0.2, -0.15) is 0 Å². The summed E-state index contributed by atoms with van der Waals surface area (Å²) in [6.07, 6.45) is 0.227. The molecule has 0 bridgehead atoms. The van der Waals surface area contributed by atoms with Gasteiger partial charge in [0.1, 0.15) is 24.1 Å². The largest absolute Gasteiger partial charge is 0.497 e. The Labute approximate surface area is 271 Å². The molecule has 46 heavy (non-hydrogen) atoms. The summed E-state index contributed by atoms with van der Waals surface area (Å²) in [7, 11) is -1.17. The zero-order chi connectivity index (χ0) is 33.1. The highest BCUT2D eigenvalue weighted by Gasteiger charge is 2.34. The van der Waals surface area contributed by atoms with E-state index in [-0.39, 0.29) is 35.4 Å². The number of anilines is 1. The monoisotopic (exact) mass is 643 g/mol. The third-order valence-electron chi connectivity index (χ3n) is 7.39. The summed E-state index contributed by atoms with van der Waals surface area (Å²) in [6.45, 7) is 3.89. The average Bonchev–Trinajstić information content (AvgIpc) is 3.08. The Kier molecular flexibility index (Phi) is 11.8. The number of hydrogen-bond acceptors (Lipinski definition) is 6. The number of benzene rings is 4. The van der Waals surface area contributed by atoms with E-state index in [4.69, 9.17) is 9.47 Å². The van der Waals surface area contributed by atoms with Gasteiger partial charge in [-0.05, 0) is 53.4 Å². The predicted molar refractivity (Wildman–Crippen MR) is 179 cm³/mol. The highest BCUT2D eigenvalue weighted by molar-refractivity contribution is 7.92. The van der Waals surface area contributed by atoms with Crippen LogP contribution >= 0.6 is 0 Å². The number of rotatable bonds is 15. The first-order valence-electron chi connectivity index (χ1n) is 15.1. The summed E-state index contributed by atoms with van der Waals surface area (Å²) < 4.78 is 40.1. The first-order chi connectivity index (χ1) is 22.1. The molecule has 242 valence electrons. The molecule has 0 aromatic heterocycles. The number of amides is 2. The lowest BCUT2D eigenvalue weighted by molar-refractivity contribution is -0.140. The van der Waals surface area contributed by atoms with Crippen LogP contribution in [0.25, 0.3) is 0 Å². The molecule has 0 aliphatic carbocycles. The Morgan fingerprint density at radius 3 is 1.98 bits per heavy atom. The van der Waals surface area contributed by atoms with Crippen molar-refractivity contribution < 1.29 is 27.5 Å². The second kappa shape index (κ2) is 15.9. The maximum Gasteiger partial charge on any atom is 0.264 e. The van der Waals surface area contributed by atoms with E-state index in [1.54, 1.807) is 61.7 Å². The molecule has 0 aliphatic rings. The molecule has 2 amide bonds. The molecule has 0 heterocycles. The number of hydrogen-bond donors (Lipinski definition) is 1. The summed E-state index contributed by atoms with van der Waals surface area (Å²) in [5.41, 5.74) is 1.83. The van der Waals surface area contributed by atoms with Crippen LogP contribution in [0.15, 0.2) is 114 Å². The second-order valence-electron chi connectivity index (χ2n) is 11.2. The van der Waals surface area contributed by atoms with Gasteiger partial charge < -0.3 is 19.7 Å². The van der Waals surface area contributed by atoms with Crippen molar-refractivity contribution >= 4 is 27.5 Å². The van der Waals surface area contributed by atoms with Gasteiger partial charge in [-0.25, -0.2) is 8.42 Å². The molecule has 1 N–H and O–H groups in total. The number of carbonyl (C=O) groups is 2. The van der Waals surface area contributed by atoms with Crippen molar-refractivity contribution in [2.24, 2.45) is 5.92 Å². The van der Waals surface area contributed by atoms with E-state index in [0.717, 1.165) is 15.4 Å². The molecule has 0 fully saturated rings. The van der Waals surface area contributed by atoms with Gasteiger partial charge in [0.05, 0.1) is 24.8 Å². The van der Waals surface area contributed by atoms with Gasteiger partial charge in [0.25, 0.3) is 10.0 Å². The molecule has 0 radical (unpaired) electrons. The smallest absolute Gasteiger partial charge is 0.264 e. The van der Waals surface area contributed by atoms with E-state index in [2.05, 4.69) is 5.32 Å². The van der Waals surface area contributed by atoms with Gasteiger partial charge in [-0.1, -0.05) is 80.6 Å². The standard InChI is InChI=1S/C36H41N3O6S/c1-27(2)24-37-36(41)34(22-28-13-7-5-8-14-28)38(25-29-15-11-17-31(21-29)44-3)35(40)26-39(30-16-12-18-32(23-30)45-4)46(42,43)33-19-9-6-10-20-33/h5-21,23,27,34H,22,24-26H2,1-4H3,(H,37,41)/t34-/m0/s1. The van der Waals surface area contributed by atoms with Crippen molar-refractivity contribution in [1.82, 2.24) is 10.2 Å². The van der Waals surface area contributed by atoms with Crippen LogP contribution in [0.3, 0.4) is 0 Å². The Morgan fingerprint density at radius 1 is 0.761 bits per heavy atom. The minimum absolute atomic E-state index is 0.0282. The van der Waals surface area contributed by atoms with Gasteiger partial charge in [0, 0.05) is 25.6 Å². The van der Waals surface area contributed by atoms with E-state index >= 15 is 0 Å². The Bertz CT molecular complexity index is 1700. The highest BCUT2D eigenvalue weighted by atomic mass is 32.2. The minimum atomic E-state index is -4.21. The van der Waals surface area contributed by atoms with Gasteiger partial charge in [0.15, 0.2) is 0 Å². The number of sulfonamides is 1. The maximum absolute atomic E-state index is 14.6. The number of methoxy groups -OCH3 is 2. The summed E-state index contributed by atoms with van der Waals surface area (Å²) in [5.74, 6) is 0.335. The van der Waals surface area contributed by atoms with Crippen molar-refractivity contribution in [1.29, 1.82) is 0 Å². The quantitative estimate of drug-likeness (QED) is 0.188. The van der Waals surface area contributed by atoms with Crippen LogP contribution in [-0.2, 0) is 32.6 Å². The first kappa shape index (κ1) is 34.1. The molecule has 0 saturated carbocycles. The first-order valence-corrected chi connectivity index (χ1v) is 16.5.